The van der Waals surface area contributed by atoms with Crippen LogP contribution in [0.4, 0.5) is 5.82 Å². The van der Waals surface area contributed by atoms with E-state index in [1.807, 2.05) is 17.9 Å². The number of hydrazine groups is 1. The Kier molecular flexibility index (Phi) is 4.37. The largest absolute Gasteiger partial charge is 0.336 e. The first-order chi connectivity index (χ1) is 9.19. The molecule has 1 saturated carbocycles. The Balaban J connectivity index is 2.26. The lowest BCUT2D eigenvalue weighted by Crippen LogP contribution is -2.33. The molecule has 1 aromatic heterocycles. The second kappa shape index (κ2) is 6.02. The molecule has 0 aromatic carbocycles. The average molecular weight is 262 g/mol. The Labute approximate surface area is 114 Å². The van der Waals surface area contributed by atoms with E-state index in [0.717, 1.165) is 37.9 Å². The highest BCUT2D eigenvalue weighted by atomic mass is 16.2. The minimum Gasteiger partial charge on any atom is -0.336 e. The maximum absolute atomic E-state index is 12.5. The number of hydrogen-bond acceptors (Lipinski definition) is 4. The number of nitrogens with one attached hydrogen (secondary N) is 1. The van der Waals surface area contributed by atoms with Crippen molar-refractivity contribution in [3.05, 3.63) is 23.4 Å². The summed E-state index contributed by atoms with van der Waals surface area (Å²) >= 11 is 0. The van der Waals surface area contributed by atoms with E-state index in [4.69, 9.17) is 5.84 Å². The van der Waals surface area contributed by atoms with Crippen LogP contribution < -0.4 is 11.3 Å². The monoisotopic (exact) mass is 262 g/mol. The molecule has 1 aliphatic rings. The van der Waals surface area contributed by atoms with E-state index in [0.29, 0.717) is 17.4 Å². The van der Waals surface area contributed by atoms with Crippen LogP contribution in [-0.4, -0.2) is 28.4 Å². The fraction of sp³-hybridized carbons (Fsp3) is 0.571. The summed E-state index contributed by atoms with van der Waals surface area (Å²) in [6.07, 6.45) is 4.09. The van der Waals surface area contributed by atoms with Gasteiger partial charge in [0.2, 0.25) is 0 Å². The summed E-state index contributed by atoms with van der Waals surface area (Å²) < 4.78 is 0. The molecule has 2 rings (SSSR count). The smallest absolute Gasteiger partial charge is 0.254 e. The summed E-state index contributed by atoms with van der Waals surface area (Å²) in [6.45, 7) is 4.86. The highest BCUT2D eigenvalue weighted by Crippen LogP contribution is 2.28. The molecule has 1 aromatic rings. The van der Waals surface area contributed by atoms with Gasteiger partial charge in [0.05, 0.1) is 0 Å². The van der Waals surface area contributed by atoms with Crippen molar-refractivity contribution in [1.82, 2.24) is 9.88 Å². The van der Waals surface area contributed by atoms with E-state index in [1.165, 1.54) is 0 Å². The van der Waals surface area contributed by atoms with Crippen LogP contribution in [0.15, 0.2) is 12.1 Å². The highest BCUT2D eigenvalue weighted by molar-refractivity contribution is 5.95. The van der Waals surface area contributed by atoms with Crippen molar-refractivity contribution in [2.75, 3.05) is 12.0 Å². The normalized spacial score (nSPS) is 14.3. The van der Waals surface area contributed by atoms with Gasteiger partial charge in [-0.1, -0.05) is 13.3 Å². The summed E-state index contributed by atoms with van der Waals surface area (Å²) in [5.41, 5.74) is 4.13. The van der Waals surface area contributed by atoms with Crippen LogP contribution in [0.2, 0.25) is 0 Å². The summed E-state index contributed by atoms with van der Waals surface area (Å²) in [4.78, 5) is 18.8. The van der Waals surface area contributed by atoms with E-state index in [9.17, 15) is 4.79 Å². The van der Waals surface area contributed by atoms with Gasteiger partial charge < -0.3 is 10.3 Å². The second-order valence-corrected chi connectivity index (χ2v) is 4.95. The van der Waals surface area contributed by atoms with Crippen molar-refractivity contribution in [1.29, 1.82) is 0 Å². The Morgan fingerprint density at radius 3 is 2.74 bits per heavy atom. The van der Waals surface area contributed by atoms with E-state index >= 15 is 0 Å². The van der Waals surface area contributed by atoms with Gasteiger partial charge in [-0.05, 0) is 38.3 Å². The van der Waals surface area contributed by atoms with Crippen molar-refractivity contribution in [3.8, 4) is 0 Å². The van der Waals surface area contributed by atoms with Gasteiger partial charge in [0.15, 0.2) is 0 Å². The third-order valence-electron chi connectivity index (χ3n) is 3.37. The second-order valence-electron chi connectivity index (χ2n) is 4.95. The van der Waals surface area contributed by atoms with Gasteiger partial charge in [-0.3, -0.25) is 4.79 Å². The maximum Gasteiger partial charge on any atom is 0.254 e. The topological polar surface area (TPSA) is 71.2 Å². The Bertz CT molecular complexity index is 457. The van der Waals surface area contributed by atoms with Gasteiger partial charge in [-0.2, -0.15) is 0 Å². The van der Waals surface area contributed by atoms with Crippen LogP contribution in [0, 0.1) is 0 Å². The lowest BCUT2D eigenvalue weighted by Gasteiger charge is -2.21. The number of aryl methyl sites for hydroxylation is 1. The van der Waals surface area contributed by atoms with Gasteiger partial charge >= 0.3 is 0 Å². The fourth-order valence-corrected chi connectivity index (χ4v) is 2.29. The Hall–Kier alpha value is -1.62. The lowest BCUT2D eigenvalue weighted by atomic mass is 10.1. The molecule has 0 unspecified atom stereocenters. The molecule has 3 N–H and O–H groups in total. The standard InChI is InChI=1S/C14H22N4O/c1-3-5-11-8-10(9-13(16-11)17-15)14(19)18(4-2)12-6-7-12/h8-9,12H,3-7,15H2,1-2H3,(H,16,17). The Morgan fingerprint density at radius 2 is 2.21 bits per heavy atom. The minimum absolute atomic E-state index is 0.0845. The number of carbonyl (C=O) groups is 1. The quantitative estimate of drug-likeness (QED) is 0.607. The zero-order chi connectivity index (χ0) is 13.8. The van der Waals surface area contributed by atoms with Crippen LogP contribution in [0.5, 0.6) is 0 Å². The predicted octanol–water partition coefficient (Wildman–Crippen LogP) is 1.94. The van der Waals surface area contributed by atoms with Crippen molar-refractivity contribution in [2.24, 2.45) is 5.84 Å². The van der Waals surface area contributed by atoms with Gasteiger partial charge in [0, 0.05) is 23.8 Å². The summed E-state index contributed by atoms with van der Waals surface area (Å²) in [7, 11) is 0. The number of nitrogens with zero attached hydrogens (tertiary/aromatic N) is 2. The van der Waals surface area contributed by atoms with Crippen LogP contribution in [0.1, 0.15) is 49.2 Å². The number of carbonyl (C=O) groups excluding carboxylic acids is 1. The van der Waals surface area contributed by atoms with E-state index in [1.54, 1.807) is 6.07 Å². The number of rotatable bonds is 6. The van der Waals surface area contributed by atoms with Crippen LogP contribution in [0.25, 0.3) is 0 Å². The van der Waals surface area contributed by atoms with Crippen LogP contribution >= 0.6 is 0 Å². The maximum atomic E-state index is 12.5. The minimum atomic E-state index is 0.0845. The number of amides is 1. The number of nitrogens with two attached hydrogens (primary N) is 1. The molecular weight excluding hydrogens is 240 g/mol. The van der Waals surface area contributed by atoms with Crippen LogP contribution in [-0.2, 0) is 6.42 Å². The molecule has 0 bridgehead atoms. The Morgan fingerprint density at radius 1 is 1.47 bits per heavy atom. The third kappa shape index (κ3) is 3.23. The molecule has 1 fully saturated rings. The molecule has 1 amide bonds. The van der Waals surface area contributed by atoms with E-state index < -0.39 is 0 Å². The molecule has 5 heteroatoms. The first-order valence-electron chi connectivity index (χ1n) is 6.98. The molecule has 104 valence electrons. The van der Waals surface area contributed by atoms with Crippen molar-refractivity contribution >= 4 is 11.7 Å². The molecule has 0 spiro atoms. The average Bonchev–Trinajstić information content (AvgIpc) is 3.24. The van der Waals surface area contributed by atoms with Crippen molar-refractivity contribution in [2.45, 2.75) is 45.6 Å². The molecule has 0 saturated heterocycles. The van der Waals surface area contributed by atoms with Crippen LogP contribution in [0.3, 0.4) is 0 Å². The molecule has 0 radical (unpaired) electrons. The number of hydrogen-bond donors (Lipinski definition) is 2. The number of aromatic nitrogens is 1. The molecular formula is C14H22N4O. The molecule has 0 atom stereocenters. The van der Waals surface area contributed by atoms with E-state index in [2.05, 4.69) is 17.3 Å². The first kappa shape index (κ1) is 13.8. The van der Waals surface area contributed by atoms with Gasteiger partial charge in [-0.15, -0.1) is 0 Å². The first-order valence-corrected chi connectivity index (χ1v) is 6.98. The zero-order valence-electron chi connectivity index (χ0n) is 11.6. The summed E-state index contributed by atoms with van der Waals surface area (Å²) in [5, 5.41) is 0. The highest BCUT2D eigenvalue weighted by Gasteiger charge is 2.32. The van der Waals surface area contributed by atoms with E-state index in [-0.39, 0.29) is 5.91 Å². The molecule has 1 aliphatic carbocycles. The van der Waals surface area contributed by atoms with Gasteiger partial charge in [0.25, 0.3) is 5.91 Å². The zero-order valence-corrected chi connectivity index (χ0v) is 11.6. The molecule has 19 heavy (non-hydrogen) atoms. The van der Waals surface area contributed by atoms with Crippen molar-refractivity contribution in [3.63, 3.8) is 0 Å². The predicted molar refractivity (Wildman–Crippen MR) is 75.8 cm³/mol. The molecule has 0 aliphatic heterocycles. The summed E-state index contributed by atoms with van der Waals surface area (Å²) in [6, 6.07) is 4.04. The summed E-state index contributed by atoms with van der Waals surface area (Å²) in [5.74, 6) is 6.07. The fourth-order valence-electron chi connectivity index (χ4n) is 2.29. The van der Waals surface area contributed by atoms with Crippen molar-refractivity contribution < 1.29 is 4.79 Å². The molecule has 5 nitrogen and oxygen atoms in total. The number of anilines is 1. The lowest BCUT2D eigenvalue weighted by molar-refractivity contribution is 0.0752. The number of nitrogen functional groups attached to an aromatic ring is 1. The third-order valence-corrected chi connectivity index (χ3v) is 3.37. The number of pyridine rings is 1. The SMILES string of the molecule is CCCc1cc(C(=O)N(CC)C2CC2)cc(NN)n1. The molecule has 1 heterocycles. The van der Waals surface area contributed by atoms with Gasteiger partial charge in [0.1, 0.15) is 5.82 Å². The van der Waals surface area contributed by atoms with Gasteiger partial charge in [-0.25, -0.2) is 10.8 Å².